The number of amides is 1. The van der Waals surface area contributed by atoms with E-state index in [1.165, 1.54) is 24.3 Å². The quantitative estimate of drug-likeness (QED) is 0.606. The average molecular weight is 397 g/mol. The van der Waals surface area contributed by atoms with Crippen LogP contribution >= 0.6 is 0 Å². The molecule has 0 N–H and O–H groups in total. The molecule has 2 aromatic carbocycles. The molecule has 8 heteroatoms. The Labute approximate surface area is 187 Å². The zero-order chi connectivity index (χ0) is 23.0. The van der Waals surface area contributed by atoms with Crippen molar-refractivity contribution >= 4 is 15.9 Å². The van der Waals surface area contributed by atoms with Gasteiger partial charge in [-0.2, -0.15) is 0 Å². The van der Waals surface area contributed by atoms with Gasteiger partial charge < -0.3 is 14.0 Å². The van der Waals surface area contributed by atoms with E-state index < -0.39 is 29.2 Å². The number of nitrogens with zero attached hydrogens (tertiary/aromatic N) is 2. The molecule has 3 aromatic rings. The summed E-state index contributed by atoms with van der Waals surface area (Å²) < 4.78 is 68.9. The summed E-state index contributed by atoms with van der Waals surface area (Å²) in [6.45, 7) is -1.64. The molecule has 134 valence electrons. The first-order valence-electron chi connectivity index (χ1n) is 9.99. The minimum absolute atomic E-state index is 0. The van der Waals surface area contributed by atoms with Crippen molar-refractivity contribution in [3.63, 3.8) is 0 Å². The van der Waals surface area contributed by atoms with Crippen molar-refractivity contribution in [2.24, 2.45) is 0 Å². The van der Waals surface area contributed by atoms with Crippen LogP contribution in [0.2, 0.25) is 0 Å². The molecule has 3 rings (SSSR count). The second-order valence-electron chi connectivity index (χ2n) is 5.35. The van der Waals surface area contributed by atoms with Crippen molar-refractivity contribution in [3.8, 4) is 22.4 Å². The van der Waals surface area contributed by atoms with Crippen LogP contribution in [0.4, 0.5) is 0 Å². The molecular weight excluding hydrogens is 375 g/mol. The van der Waals surface area contributed by atoms with E-state index in [-0.39, 0.29) is 34.5 Å². The maximum absolute atomic E-state index is 12.4. The Balaban J connectivity index is 0.00000363. The SMILES string of the molecule is [2H]C([2H])([2H])C([2H])([2H])C(=O)[N-]S(=O)(=O)c1ccc(-c2c(-c3ccccc3)noc2C)cc1.[Na+]. The van der Waals surface area contributed by atoms with Gasteiger partial charge in [-0.1, -0.05) is 54.5 Å². The number of rotatable bonds is 5. The largest absolute Gasteiger partial charge is 1.00 e. The molecule has 1 heterocycles. The fraction of sp³-hybridized carbons (Fsp3) is 0.158. The van der Waals surface area contributed by atoms with Crippen molar-refractivity contribution in [2.75, 3.05) is 0 Å². The fourth-order valence-corrected chi connectivity index (χ4v) is 3.33. The Hall–Kier alpha value is -1.93. The van der Waals surface area contributed by atoms with Gasteiger partial charge in [0, 0.05) is 12.4 Å². The monoisotopic (exact) mass is 397 g/mol. The topological polar surface area (TPSA) is 91.3 Å². The van der Waals surface area contributed by atoms with Gasteiger partial charge in [0.25, 0.3) is 0 Å². The summed E-state index contributed by atoms with van der Waals surface area (Å²) >= 11 is 0. The second kappa shape index (κ2) is 8.84. The summed E-state index contributed by atoms with van der Waals surface area (Å²) in [4.78, 5) is 11.5. The third-order valence-electron chi connectivity index (χ3n) is 3.66. The molecule has 0 unspecified atom stereocenters. The first-order chi connectivity index (χ1) is 14.3. The van der Waals surface area contributed by atoms with E-state index in [9.17, 15) is 13.2 Å². The van der Waals surface area contributed by atoms with E-state index in [1.807, 2.05) is 30.3 Å². The van der Waals surface area contributed by atoms with Crippen LogP contribution in [-0.2, 0) is 14.8 Å². The number of benzene rings is 2. The molecule has 27 heavy (non-hydrogen) atoms. The van der Waals surface area contributed by atoms with Crippen LogP contribution in [0.15, 0.2) is 64.0 Å². The van der Waals surface area contributed by atoms with E-state index in [0.29, 0.717) is 22.6 Å². The van der Waals surface area contributed by atoms with Gasteiger partial charge in [-0.05, 0) is 31.0 Å². The Morgan fingerprint density at radius 1 is 1.15 bits per heavy atom. The zero-order valence-electron chi connectivity index (χ0n) is 19.6. The van der Waals surface area contributed by atoms with Crippen molar-refractivity contribution in [1.29, 1.82) is 0 Å². The Bertz CT molecular complexity index is 1210. The standard InChI is InChI=1S/C19H18N2O4S.Na/c1-3-17(22)21-26(23,24)16-11-9-14(10-12-16)18-13(2)25-20-19(18)15-7-5-4-6-8-15;/h4-12H,3H2,1-2H3,(H,21,22);/q;+1/p-1/i1D3,3D2;. The van der Waals surface area contributed by atoms with Crippen LogP contribution in [0.5, 0.6) is 0 Å². The molecule has 0 radical (unpaired) electrons. The molecule has 0 aliphatic carbocycles. The van der Waals surface area contributed by atoms with Crippen LogP contribution in [0.3, 0.4) is 0 Å². The van der Waals surface area contributed by atoms with Crippen LogP contribution in [0.1, 0.15) is 25.8 Å². The van der Waals surface area contributed by atoms with Gasteiger partial charge in [0.1, 0.15) is 21.5 Å². The summed E-state index contributed by atoms with van der Waals surface area (Å²) in [7, 11) is -4.61. The van der Waals surface area contributed by atoms with Crippen LogP contribution in [0, 0.1) is 6.92 Å². The predicted molar refractivity (Wildman–Crippen MR) is 98.0 cm³/mol. The second-order valence-corrected chi connectivity index (χ2v) is 6.95. The Morgan fingerprint density at radius 2 is 1.81 bits per heavy atom. The number of carbonyl (C=O) groups excluding carboxylic acids is 1. The number of aromatic nitrogens is 1. The molecule has 0 spiro atoms. The van der Waals surface area contributed by atoms with Crippen molar-refractivity contribution in [2.45, 2.75) is 25.0 Å². The number of sulfonamides is 1. The molecule has 1 aromatic heterocycles. The van der Waals surface area contributed by atoms with Gasteiger partial charge in [0.15, 0.2) is 0 Å². The van der Waals surface area contributed by atoms with Crippen molar-refractivity contribution in [1.82, 2.24) is 5.16 Å². The van der Waals surface area contributed by atoms with Gasteiger partial charge in [0.2, 0.25) is 0 Å². The minimum atomic E-state index is -4.61. The average Bonchev–Trinajstić information content (AvgIpc) is 3.09. The van der Waals surface area contributed by atoms with E-state index in [2.05, 4.69) is 9.88 Å². The summed E-state index contributed by atoms with van der Waals surface area (Å²) in [6, 6.07) is 14.6. The third kappa shape index (κ3) is 4.68. The first kappa shape index (κ1) is 15.0. The van der Waals surface area contributed by atoms with Crippen molar-refractivity contribution in [3.05, 3.63) is 65.1 Å². The summed E-state index contributed by atoms with van der Waals surface area (Å²) in [5.74, 6) is -1.38. The minimum Gasteiger partial charge on any atom is -0.542 e. The molecule has 0 saturated heterocycles. The number of hydrogen-bond donors (Lipinski definition) is 0. The summed E-state index contributed by atoms with van der Waals surface area (Å²) in [5, 5.41) is 4.07. The van der Waals surface area contributed by atoms with Crippen LogP contribution in [0.25, 0.3) is 27.1 Å². The van der Waals surface area contributed by atoms with Gasteiger partial charge in [-0.25, -0.2) is 8.42 Å². The molecular formula is C19H17N2NaO4S. The van der Waals surface area contributed by atoms with Crippen molar-refractivity contribution < 1.29 is 54.1 Å². The fourth-order valence-electron chi connectivity index (χ4n) is 2.48. The van der Waals surface area contributed by atoms with Crippen LogP contribution < -0.4 is 29.6 Å². The van der Waals surface area contributed by atoms with Crippen LogP contribution in [-0.4, -0.2) is 19.5 Å². The number of aryl methyl sites for hydroxylation is 1. The maximum Gasteiger partial charge on any atom is 1.00 e. The van der Waals surface area contributed by atoms with E-state index in [0.717, 1.165) is 5.56 Å². The molecule has 0 bridgehead atoms. The molecule has 6 nitrogen and oxygen atoms in total. The van der Waals surface area contributed by atoms with E-state index in [1.54, 1.807) is 6.92 Å². The number of hydrogen-bond acceptors (Lipinski definition) is 5. The first-order valence-corrected chi connectivity index (χ1v) is 8.93. The van der Waals surface area contributed by atoms with Gasteiger partial charge in [0.05, 0.1) is 16.4 Å². The molecule has 0 atom stereocenters. The predicted octanol–water partition coefficient (Wildman–Crippen LogP) is 1.32. The molecule has 0 saturated carbocycles. The molecule has 0 aliphatic heterocycles. The smallest absolute Gasteiger partial charge is 0.542 e. The summed E-state index contributed by atoms with van der Waals surface area (Å²) in [6.07, 6.45) is -3.43. The van der Waals surface area contributed by atoms with E-state index >= 15 is 0 Å². The molecule has 0 fully saturated rings. The Kier molecular flexibility index (Phi) is 4.93. The molecule has 1 amide bonds. The third-order valence-corrected chi connectivity index (χ3v) is 4.93. The Morgan fingerprint density at radius 3 is 2.44 bits per heavy atom. The number of carbonyl (C=O) groups is 1. The van der Waals surface area contributed by atoms with Gasteiger partial charge in [-0.15, -0.1) is 0 Å². The maximum atomic E-state index is 12.4. The van der Waals surface area contributed by atoms with E-state index in [4.69, 9.17) is 11.4 Å². The van der Waals surface area contributed by atoms with Gasteiger partial charge >= 0.3 is 29.6 Å². The van der Waals surface area contributed by atoms with Gasteiger partial charge in [-0.3, -0.25) is 0 Å². The summed E-state index contributed by atoms with van der Waals surface area (Å²) in [5.41, 5.74) is 2.63. The zero-order valence-corrected chi connectivity index (χ0v) is 17.4. The normalized spacial score (nSPS) is 14.6. The molecule has 0 aliphatic rings.